The van der Waals surface area contributed by atoms with Crippen molar-refractivity contribution in [3.63, 3.8) is 0 Å². The van der Waals surface area contributed by atoms with Crippen LogP contribution in [0.2, 0.25) is 0 Å². The second-order valence-corrected chi connectivity index (χ2v) is 7.22. The lowest BCUT2D eigenvalue weighted by Crippen LogP contribution is -2.15. The van der Waals surface area contributed by atoms with E-state index in [1.807, 2.05) is 45.0 Å². The lowest BCUT2D eigenvalue weighted by molar-refractivity contribution is 0.0474. The number of nitrogens with one attached hydrogen (secondary N) is 1. The number of carbonyl (C=O) groups excluding carboxylic acids is 3. The van der Waals surface area contributed by atoms with E-state index < -0.39 is 5.97 Å². The molecule has 0 spiro atoms. The molecule has 0 fully saturated rings. The van der Waals surface area contributed by atoms with E-state index in [0.717, 1.165) is 16.7 Å². The standard InChI is InChI=1S/C25H23NO4/c1-16-5-8-19(9-6-16)24(28)26-21-12-10-20(11-13-21)25(29)30-15-23(27)22-14-17(2)4-7-18(22)3/h4-14H,15H2,1-3H3,(H,26,28). The zero-order valence-corrected chi connectivity index (χ0v) is 17.2. The number of Topliss-reactive ketones (excluding diaryl/α,β-unsaturated/α-hetero) is 1. The molecule has 30 heavy (non-hydrogen) atoms. The average Bonchev–Trinajstić information content (AvgIpc) is 2.74. The average molecular weight is 401 g/mol. The van der Waals surface area contributed by atoms with Crippen molar-refractivity contribution < 1.29 is 19.1 Å². The van der Waals surface area contributed by atoms with Crippen LogP contribution in [0.25, 0.3) is 0 Å². The molecule has 0 saturated heterocycles. The Kier molecular flexibility index (Phi) is 6.42. The van der Waals surface area contributed by atoms with Gasteiger partial charge in [0.2, 0.25) is 5.78 Å². The molecule has 5 nitrogen and oxygen atoms in total. The van der Waals surface area contributed by atoms with E-state index in [2.05, 4.69) is 5.32 Å². The first-order valence-corrected chi connectivity index (χ1v) is 9.59. The van der Waals surface area contributed by atoms with Gasteiger partial charge < -0.3 is 10.1 Å². The molecule has 152 valence electrons. The molecule has 3 aromatic carbocycles. The number of carbonyl (C=O) groups is 3. The Morgan fingerprint density at radius 1 is 0.767 bits per heavy atom. The van der Waals surface area contributed by atoms with Crippen molar-refractivity contribution in [2.75, 3.05) is 11.9 Å². The quantitative estimate of drug-likeness (QED) is 0.471. The molecule has 0 radical (unpaired) electrons. The van der Waals surface area contributed by atoms with Gasteiger partial charge in [-0.2, -0.15) is 0 Å². The summed E-state index contributed by atoms with van der Waals surface area (Å²) < 4.78 is 5.16. The van der Waals surface area contributed by atoms with Gasteiger partial charge in [-0.3, -0.25) is 9.59 Å². The highest BCUT2D eigenvalue weighted by Gasteiger charge is 2.14. The summed E-state index contributed by atoms with van der Waals surface area (Å²) in [5, 5.41) is 2.78. The normalized spacial score (nSPS) is 10.4. The van der Waals surface area contributed by atoms with Crippen LogP contribution in [0.1, 0.15) is 47.8 Å². The number of aryl methyl sites for hydroxylation is 3. The highest BCUT2D eigenvalue weighted by atomic mass is 16.5. The fourth-order valence-corrected chi connectivity index (χ4v) is 2.93. The van der Waals surface area contributed by atoms with Crippen LogP contribution >= 0.6 is 0 Å². The van der Waals surface area contributed by atoms with Gasteiger partial charge in [-0.15, -0.1) is 0 Å². The molecule has 3 rings (SSSR count). The Hall–Kier alpha value is -3.73. The summed E-state index contributed by atoms with van der Waals surface area (Å²) in [4.78, 5) is 36.9. The van der Waals surface area contributed by atoms with Gasteiger partial charge in [0.1, 0.15) is 0 Å². The first-order valence-electron chi connectivity index (χ1n) is 9.59. The summed E-state index contributed by atoms with van der Waals surface area (Å²) in [6.45, 7) is 5.38. The molecule has 1 N–H and O–H groups in total. The molecule has 0 aromatic heterocycles. The van der Waals surface area contributed by atoms with Crippen LogP contribution in [0.5, 0.6) is 0 Å². The monoisotopic (exact) mass is 401 g/mol. The van der Waals surface area contributed by atoms with E-state index in [-0.39, 0.29) is 18.3 Å². The van der Waals surface area contributed by atoms with E-state index in [0.29, 0.717) is 22.4 Å². The summed E-state index contributed by atoms with van der Waals surface area (Å²) in [6, 6.07) is 19.2. The lowest BCUT2D eigenvalue weighted by atomic mass is 10.0. The van der Waals surface area contributed by atoms with Crippen molar-refractivity contribution in [1.29, 1.82) is 0 Å². The highest BCUT2D eigenvalue weighted by molar-refractivity contribution is 6.04. The van der Waals surface area contributed by atoms with E-state index in [1.165, 1.54) is 0 Å². The Balaban J connectivity index is 1.58. The second-order valence-electron chi connectivity index (χ2n) is 7.22. The number of rotatable bonds is 6. The van der Waals surface area contributed by atoms with Crippen LogP contribution in [0.15, 0.2) is 66.7 Å². The first-order chi connectivity index (χ1) is 14.3. The van der Waals surface area contributed by atoms with Gasteiger partial charge in [-0.1, -0.05) is 35.4 Å². The van der Waals surface area contributed by atoms with Crippen molar-refractivity contribution in [3.05, 3.63) is 100 Å². The third kappa shape index (κ3) is 5.20. The molecule has 0 atom stereocenters. The number of hydrogen-bond acceptors (Lipinski definition) is 4. The first kappa shape index (κ1) is 21.0. The number of amides is 1. The minimum atomic E-state index is -0.593. The number of ketones is 1. The van der Waals surface area contributed by atoms with Crippen LogP contribution in [0, 0.1) is 20.8 Å². The number of anilines is 1. The van der Waals surface area contributed by atoms with Crippen molar-refractivity contribution in [2.45, 2.75) is 20.8 Å². The Labute approximate surface area is 175 Å². The number of benzene rings is 3. The molecule has 3 aromatic rings. The molecular formula is C25H23NO4. The highest BCUT2D eigenvalue weighted by Crippen LogP contribution is 2.14. The van der Waals surface area contributed by atoms with Gasteiger partial charge in [0.15, 0.2) is 6.61 Å². The molecule has 1 amide bonds. The van der Waals surface area contributed by atoms with Crippen molar-refractivity contribution in [2.24, 2.45) is 0 Å². The second kappa shape index (κ2) is 9.18. The van der Waals surface area contributed by atoms with E-state index in [4.69, 9.17) is 4.74 Å². The van der Waals surface area contributed by atoms with Crippen molar-refractivity contribution in [1.82, 2.24) is 0 Å². The van der Waals surface area contributed by atoms with E-state index in [1.54, 1.807) is 42.5 Å². The molecule has 0 aliphatic rings. The fraction of sp³-hybridized carbons (Fsp3) is 0.160. The van der Waals surface area contributed by atoms with Gasteiger partial charge in [0, 0.05) is 16.8 Å². The predicted octanol–water partition coefficient (Wildman–Crippen LogP) is 4.90. The SMILES string of the molecule is Cc1ccc(C(=O)Nc2ccc(C(=O)OCC(=O)c3cc(C)ccc3C)cc2)cc1. The third-order valence-corrected chi connectivity index (χ3v) is 4.72. The third-order valence-electron chi connectivity index (χ3n) is 4.72. The van der Waals surface area contributed by atoms with Gasteiger partial charge >= 0.3 is 5.97 Å². The van der Waals surface area contributed by atoms with Gasteiger partial charge in [-0.25, -0.2) is 4.79 Å². The minimum Gasteiger partial charge on any atom is -0.454 e. The largest absolute Gasteiger partial charge is 0.454 e. The fourth-order valence-electron chi connectivity index (χ4n) is 2.93. The molecule has 0 heterocycles. The number of ether oxygens (including phenoxy) is 1. The van der Waals surface area contributed by atoms with Crippen LogP contribution in [-0.2, 0) is 4.74 Å². The van der Waals surface area contributed by atoms with Gasteiger partial charge in [-0.05, 0) is 68.8 Å². The minimum absolute atomic E-state index is 0.232. The molecule has 0 unspecified atom stereocenters. The molecule has 0 aliphatic carbocycles. The van der Waals surface area contributed by atoms with Crippen LogP contribution in [0.3, 0.4) is 0 Å². The summed E-state index contributed by atoms with van der Waals surface area (Å²) in [6.07, 6.45) is 0. The number of esters is 1. The smallest absolute Gasteiger partial charge is 0.338 e. The van der Waals surface area contributed by atoms with E-state index in [9.17, 15) is 14.4 Å². The van der Waals surface area contributed by atoms with Crippen LogP contribution < -0.4 is 5.32 Å². The number of hydrogen-bond donors (Lipinski definition) is 1. The maximum atomic E-state index is 12.4. The molecule has 5 heteroatoms. The molecular weight excluding hydrogens is 378 g/mol. The molecule has 0 aliphatic heterocycles. The van der Waals surface area contributed by atoms with E-state index >= 15 is 0 Å². The van der Waals surface area contributed by atoms with Crippen LogP contribution in [-0.4, -0.2) is 24.3 Å². The Morgan fingerprint density at radius 2 is 1.37 bits per heavy atom. The zero-order valence-electron chi connectivity index (χ0n) is 17.2. The Morgan fingerprint density at radius 3 is 2.03 bits per heavy atom. The van der Waals surface area contributed by atoms with Gasteiger partial charge in [0.05, 0.1) is 5.56 Å². The summed E-state index contributed by atoms with van der Waals surface area (Å²) in [7, 11) is 0. The molecule has 0 saturated carbocycles. The lowest BCUT2D eigenvalue weighted by Gasteiger charge is -2.09. The Bertz CT molecular complexity index is 1080. The molecule has 0 bridgehead atoms. The maximum Gasteiger partial charge on any atom is 0.338 e. The summed E-state index contributed by atoms with van der Waals surface area (Å²) in [5.41, 5.74) is 4.85. The predicted molar refractivity (Wildman–Crippen MR) is 116 cm³/mol. The zero-order chi connectivity index (χ0) is 21.7. The summed E-state index contributed by atoms with van der Waals surface area (Å²) in [5.74, 6) is -1.07. The van der Waals surface area contributed by atoms with Gasteiger partial charge in [0.25, 0.3) is 5.91 Å². The maximum absolute atomic E-state index is 12.4. The topological polar surface area (TPSA) is 72.5 Å². The van der Waals surface area contributed by atoms with Crippen molar-refractivity contribution >= 4 is 23.3 Å². The summed E-state index contributed by atoms with van der Waals surface area (Å²) >= 11 is 0. The van der Waals surface area contributed by atoms with Crippen molar-refractivity contribution in [3.8, 4) is 0 Å². The van der Waals surface area contributed by atoms with Crippen LogP contribution in [0.4, 0.5) is 5.69 Å².